The van der Waals surface area contributed by atoms with Gasteiger partial charge in [-0.2, -0.15) is 5.21 Å². The molecule has 5 rings (SSSR count). The van der Waals surface area contributed by atoms with Crippen LogP contribution in [-0.2, 0) is 27.9 Å². The van der Waals surface area contributed by atoms with Crippen molar-refractivity contribution in [3.8, 4) is 28.3 Å². The molecule has 0 unspecified atom stereocenters. The van der Waals surface area contributed by atoms with Gasteiger partial charge in [-0.1, -0.05) is 6.07 Å². The van der Waals surface area contributed by atoms with E-state index in [1.54, 1.807) is 19.2 Å². The third-order valence-electron chi connectivity index (χ3n) is 6.40. The normalized spacial score (nSPS) is 20.3. The SMILES string of the molecule is COC[C@]1(c2nc3c(c(-c4ccc(F)c(OC)c4)c2-c2nn[nH]n2)CCCC3)CCCO1. The summed E-state index contributed by atoms with van der Waals surface area (Å²) in [4.78, 5) is 5.16. The average Bonchev–Trinajstić information content (AvgIpc) is 3.52. The van der Waals surface area contributed by atoms with E-state index in [1.807, 2.05) is 0 Å². The molecule has 0 spiro atoms. The first-order valence-electron chi connectivity index (χ1n) is 10.9. The lowest BCUT2D eigenvalue weighted by atomic mass is 9.81. The number of fused-ring (bicyclic) bond motifs is 1. The highest BCUT2D eigenvalue weighted by Gasteiger charge is 2.43. The lowest BCUT2D eigenvalue weighted by molar-refractivity contribution is -0.0586. The van der Waals surface area contributed by atoms with Crippen LogP contribution in [0.5, 0.6) is 5.75 Å². The van der Waals surface area contributed by atoms with Crippen LogP contribution in [0.3, 0.4) is 0 Å². The molecule has 0 saturated carbocycles. The van der Waals surface area contributed by atoms with Gasteiger partial charge in [0.2, 0.25) is 5.82 Å². The molecule has 3 aromatic rings. The highest BCUT2D eigenvalue weighted by Crippen LogP contribution is 2.47. The molecule has 1 fully saturated rings. The smallest absolute Gasteiger partial charge is 0.207 e. The van der Waals surface area contributed by atoms with E-state index in [2.05, 4.69) is 20.6 Å². The molecular weight excluding hydrogens is 413 g/mol. The van der Waals surface area contributed by atoms with Gasteiger partial charge in [-0.3, -0.25) is 4.98 Å². The number of H-pyrrole nitrogens is 1. The molecule has 168 valence electrons. The minimum atomic E-state index is -0.698. The Morgan fingerprint density at radius 1 is 1.16 bits per heavy atom. The van der Waals surface area contributed by atoms with E-state index in [9.17, 15) is 4.39 Å². The van der Waals surface area contributed by atoms with Crippen LogP contribution in [0.2, 0.25) is 0 Å². The van der Waals surface area contributed by atoms with E-state index in [1.165, 1.54) is 13.2 Å². The fourth-order valence-corrected chi connectivity index (χ4v) is 4.99. The molecule has 1 aliphatic heterocycles. The number of pyridine rings is 1. The lowest BCUT2D eigenvalue weighted by Gasteiger charge is -2.32. The van der Waals surface area contributed by atoms with E-state index < -0.39 is 11.4 Å². The molecular formula is C23H26FN5O3. The Bertz CT molecular complexity index is 1110. The van der Waals surface area contributed by atoms with Crippen molar-refractivity contribution in [3.05, 3.63) is 41.0 Å². The average molecular weight is 439 g/mol. The third-order valence-corrected chi connectivity index (χ3v) is 6.40. The first-order chi connectivity index (χ1) is 15.7. The van der Waals surface area contributed by atoms with Gasteiger partial charge in [0.25, 0.3) is 0 Å². The molecule has 32 heavy (non-hydrogen) atoms. The largest absolute Gasteiger partial charge is 0.494 e. The van der Waals surface area contributed by atoms with Crippen LogP contribution in [0.25, 0.3) is 22.5 Å². The van der Waals surface area contributed by atoms with Gasteiger partial charge in [0.1, 0.15) is 5.60 Å². The maximum absolute atomic E-state index is 14.3. The van der Waals surface area contributed by atoms with Crippen molar-refractivity contribution < 1.29 is 18.6 Å². The second-order valence-corrected chi connectivity index (χ2v) is 8.31. The summed E-state index contributed by atoms with van der Waals surface area (Å²) in [5.41, 5.74) is 4.77. The molecule has 8 nitrogen and oxygen atoms in total. The van der Waals surface area contributed by atoms with Crippen LogP contribution in [0.1, 0.15) is 42.6 Å². The Balaban J connectivity index is 1.86. The predicted octanol–water partition coefficient (Wildman–Crippen LogP) is 3.61. The zero-order valence-electron chi connectivity index (χ0n) is 18.3. The predicted molar refractivity (Wildman–Crippen MR) is 115 cm³/mol. The summed E-state index contributed by atoms with van der Waals surface area (Å²) >= 11 is 0. The molecule has 1 atom stereocenters. The molecule has 3 heterocycles. The van der Waals surface area contributed by atoms with Crippen molar-refractivity contribution in [2.75, 3.05) is 27.4 Å². The summed E-state index contributed by atoms with van der Waals surface area (Å²) in [6, 6.07) is 4.93. The number of aromatic amines is 1. The van der Waals surface area contributed by atoms with Crippen molar-refractivity contribution in [1.82, 2.24) is 25.6 Å². The van der Waals surface area contributed by atoms with Crippen LogP contribution < -0.4 is 4.74 Å². The summed E-state index contributed by atoms with van der Waals surface area (Å²) in [6.45, 7) is 1.00. The Morgan fingerprint density at radius 3 is 2.75 bits per heavy atom. The molecule has 0 bridgehead atoms. The second-order valence-electron chi connectivity index (χ2n) is 8.31. The number of nitrogens with one attached hydrogen (secondary N) is 1. The first-order valence-corrected chi connectivity index (χ1v) is 10.9. The van der Waals surface area contributed by atoms with Gasteiger partial charge in [-0.15, -0.1) is 10.2 Å². The molecule has 0 amide bonds. The van der Waals surface area contributed by atoms with Gasteiger partial charge in [-0.05, 0) is 72.6 Å². The number of rotatable bonds is 6. The topological polar surface area (TPSA) is 95.0 Å². The summed E-state index contributed by atoms with van der Waals surface area (Å²) in [5, 5.41) is 15.0. The Morgan fingerprint density at radius 2 is 2.03 bits per heavy atom. The lowest BCUT2D eigenvalue weighted by Crippen LogP contribution is -2.33. The van der Waals surface area contributed by atoms with Gasteiger partial charge in [0, 0.05) is 19.4 Å². The number of halogens is 1. The van der Waals surface area contributed by atoms with Crippen molar-refractivity contribution in [1.29, 1.82) is 0 Å². The van der Waals surface area contributed by atoms with E-state index >= 15 is 0 Å². The summed E-state index contributed by atoms with van der Waals surface area (Å²) in [6.07, 6.45) is 5.58. The molecule has 1 aliphatic carbocycles. The molecule has 1 aromatic carbocycles. The first kappa shape index (κ1) is 21.0. The number of nitrogens with zero attached hydrogens (tertiary/aromatic N) is 4. The number of ether oxygens (including phenoxy) is 3. The minimum absolute atomic E-state index is 0.188. The van der Waals surface area contributed by atoms with E-state index in [0.717, 1.165) is 72.2 Å². The van der Waals surface area contributed by atoms with E-state index in [4.69, 9.17) is 19.2 Å². The number of aryl methyl sites for hydroxylation is 1. The van der Waals surface area contributed by atoms with Gasteiger partial charge >= 0.3 is 0 Å². The van der Waals surface area contributed by atoms with Crippen LogP contribution in [0.4, 0.5) is 4.39 Å². The van der Waals surface area contributed by atoms with Crippen molar-refractivity contribution in [3.63, 3.8) is 0 Å². The molecule has 0 radical (unpaired) electrons. The highest BCUT2D eigenvalue weighted by molar-refractivity contribution is 5.86. The number of benzene rings is 1. The third kappa shape index (κ3) is 3.45. The number of tetrazole rings is 1. The Hall–Kier alpha value is -2.91. The van der Waals surface area contributed by atoms with Crippen LogP contribution >= 0.6 is 0 Å². The van der Waals surface area contributed by atoms with Crippen molar-refractivity contribution in [2.24, 2.45) is 0 Å². The highest BCUT2D eigenvalue weighted by atomic mass is 19.1. The zero-order valence-corrected chi connectivity index (χ0v) is 18.3. The van der Waals surface area contributed by atoms with Crippen molar-refractivity contribution >= 4 is 0 Å². The van der Waals surface area contributed by atoms with Gasteiger partial charge in [0.15, 0.2) is 11.6 Å². The van der Waals surface area contributed by atoms with Gasteiger partial charge < -0.3 is 14.2 Å². The molecule has 2 aliphatic rings. The molecule has 1 saturated heterocycles. The summed E-state index contributed by atoms with van der Waals surface area (Å²) < 4.78 is 31.4. The molecule has 1 N–H and O–H groups in total. The van der Waals surface area contributed by atoms with Crippen LogP contribution in [0, 0.1) is 5.82 Å². The quantitative estimate of drug-likeness (QED) is 0.627. The number of hydrogen-bond donors (Lipinski definition) is 1. The van der Waals surface area contributed by atoms with Crippen LogP contribution in [-0.4, -0.2) is 53.0 Å². The standard InChI is InChI=1S/C23H26FN5O3/c1-30-13-23(10-5-11-32-23)21-20(22-26-28-29-27-22)19(15-6-3-4-7-17(15)25-21)14-8-9-16(24)18(12-14)31-2/h8-9,12H,3-7,10-11,13H2,1-2H3,(H,26,27,28,29)/t23-/m0/s1. The number of methoxy groups -OCH3 is 2. The summed E-state index contributed by atoms with van der Waals surface area (Å²) in [7, 11) is 3.14. The Labute approximate surface area is 185 Å². The zero-order chi connectivity index (χ0) is 22.1. The van der Waals surface area contributed by atoms with Crippen molar-refractivity contribution in [2.45, 2.75) is 44.1 Å². The summed E-state index contributed by atoms with van der Waals surface area (Å²) in [5.74, 6) is 0.217. The van der Waals surface area contributed by atoms with E-state index in [-0.39, 0.29) is 5.75 Å². The maximum atomic E-state index is 14.3. The minimum Gasteiger partial charge on any atom is -0.494 e. The molecule has 9 heteroatoms. The van der Waals surface area contributed by atoms with Gasteiger partial charge in [0.05, 0.1) is 25.0 Å². The molecule has 2 aromatic heterocycles. The van der Waals surface area contributed by atoms with Gasteiger partial charge in [-0.25, -0.2) is 4.39 Å². The fraction of sp³-hybridized carbons (Fsp3) is 0.478. The number of hydrogen-bond acceptors (Lipinski definition) is 7. The monoisotopic (exact) mass is 439 g/mol. The maximum Gasteiger partial charge on any atom is 0.207 e. The number of aromatic nitrogens is 5. The van der Waals surface area contributed by atoms with Crippen LogP contribution in [0.15, 0.2) is 18.2 Å². The Kier molecular flexibility index (Phi) is 5.60. The van der Waals surface area contributed by atoms with E-state index in [0.29, 0.717) is 19.0 Å². The second kappa shape index (κ2) is 8.55. The fourth-order valence-electron chi connectivity index (χ4n) is 4.99.